The van der Waals surface area contributed by atoms with Gasteiger partial charge in [0.1, 0.15) is 5.71 Å². The van der Waals surface area contributed by atoms with Crippen LogP contribution in [-0.2, 0) is 9.59 Å². The average Bonchev–Trinajstić information content (AvgIpc) is 3.37. The first-order chi connectivity index (χ1) is 19.2. The minimum absolute atomic E-state index is 0.0354. The predicted molar refractivity (Wildman–Crippen MR) is 160 cm³/mol. The molecule has 0 spiro atoms. The van der Waals surface area contributed by atoms with E-state index in [1.807, 2.05) is 49.3 Å². The van der Waals surface area contributed by atoms with E-state index in [1.54, 1.807) is 24.3 Å². The van der Waals surface area contributed by atoms with Gasteiger partial charge in [-0.15, -0.1) is 0 Å². The molecule has 2 heterocycles. The van der Waals surface area contributed by atoms with Crippen molar-refractivity contribution in [1.82, 2.24) is 15.5 Å². The molecule has 1 saturated heterocycles. The van der Waals surface area contributed by atoms with Gasteiger partial charge in [-0.1, -0.05) is 41.4 Å². The molecule has 0 saturated carbocycles. The van der Waals surface area contributed by atoms with Crippen molar-refractivity contribution < 1.29 is 14.4 Å². The molecule has 3 amide bonds. The maximum atomic E-state index is 13.0. The molecule has 1 fully saturated rings. The number of amides is 3. The first-order valence-corrected chi connectivity index (χ1v) is 13.8. The number of aliphatic imine (C=N–C) groups is 1. The molecule has 0 aliphatic carbocycles. The van der Waals surface area contributed by atoms with Crippen molar-refractivity contribution in [2.75, 3.05) is 50.5 Å². The second kappa shape index (κ2) is 13.6. The van der Waals surface area contributed by atoms with E-state index >= 15 is 0 Å². The lowest BCUT2D eigenvalue weighted by Crippen LogP contribution is -2.47. The molecule has 0 bridgehead atoms. The van der Waals surface area contributed by atoms with Gasteiger partial charge in [-0.25, -0.2) is 0 Å². The number of hydrogen-bond acceptors (Lipinski definition) is 6. The van der Waals surface area contributed by atoms with E-state index in [2.05, 4.69) is 25.8 Å². The van der Waals surface area contributed by atoms with Crippen LogP contribution in [0.25, 0.3) is 0 Å². The Morgan fingerprint density at radius 3 is 2.42 bits per heavy atom. The monoisotopic (exact) mass is 582 g/mol. The van der Waals surface area contributed by atoms with Gasteiger partial charge in [-0.05, 0) is 63.3 Å². The summed E-state index contributed by atoms with van der Waals surface area (Å²) in [6.07, 6.45) is 6.51. The second-order valence-corrected chi connectivity index (χ2v) is 10.6. The summed E-state index contributed by atoms with van der Waals surface area (Å²) in [5, 5.41) is 9.13. The molecule has 2 aliphatic heterocycles. The number of hydrogen-bond donors (Lipinski definition) is 3. The molecule has 2 aliphatic rings. The first kappa shape index (κ1) is 29.3. The summed E-state index contributed by atoms with van der Waals surface area (Å²) >= 11 is 12.3. The first-order valence-electron chi connectivity index (χ1n) is 13.0. The zero-order chi connectivity index (χ0) is 28.6. The third-order valence-corrected chi connectivity index (χ3v) is 7.13. The highest BCUT2D eigenvalue weighted by Gasteiger charge is 2.27. The van der Waals surface area contributed by atoms with E-state index in [9.17, 15) is 14.4 Å². The predicted octanol–water partition coefficient (Wildman–Crippen LogP) is 3.90. The number of carbonyl (C=O) groups excluding carboxylic acids is 3. The smallest absolute Gasteiger partial charge is 0.271 e. The van der Waals surface area contributed by atoms with Crippen LogP contribution in [0.4, 0.5) is 11.4 Å². The van der Waals surface area contributed by atoms with Gasteiger partial charge in [-0.2, -0.15) is 0 Å². The SMILES string of the molecule is CN(C)C/C=C/C(=O)Nc1cccc(N2CCC(NC(=O)C3=NCC=C3NC(=O)c3c(Cl)cccc3Cl)CC2)c1. The van der Waals surface area contributed by atoms with E-state index in [1.165, 1.54) is 6.08 Å². The van der Waals surface area contributed by atoms with Crippen molar-refractivity contribution in [2.45, 2.75) is 18.9 Å². The molecule has 2 aromatic carbocycles. The fourth-order valence-corrected chi connectivity index (χ4v) is 5.05. The molecule has 0 radical (unpaired) electrons. The lowest BCUT2D eigenvalue weighted by atomic mass is 10.0. The summed E-state index contributed by atoms with van der Waals surface area (Å²) in [7, 11) is 3.88. The molecule has 0 aromatic heterocycles. The van der Waals surface area contributed by atoms with E-state index in [-0.39, 0.29) is 39.2 Å². The van der Waals surface area contributed by atoms with E-state index in [0.29, 0.717) is 18.8 Å². The number of carbonyl (C=O) groups is 3. The highest BCUT2D eigenvalue weighted by atomic mass is 35.5. The van der Waals surface area contributed by atoms with Gasteiger partial charge in [0, 0.05) is 43.1 Å². The number of nitrogens with zero attached hydrogens (tertiary/aromatic N) is 3. The summed E-state index contributed by atoms with van der Waals surface area (Å²) in [4.78, 5) is 46.5. The molecule has 3 N–H and O–H groups in total. The summed E-state index contributed by atoms with van der Waals surface area (Å²) < 4.78 is 0. The normalized spacial score (nSPS) is 15.7. The number of likely N-dealkylation sites (N-methyl/N-ethyl adjacent to an activating group) is 1. The number of rotatable bonds is 9. The van der Waals surface area contributed by atoms with Crippen LogP contribution in [0.2, 0.25) is 10.0 Å². The molecule has 9 nitrogen and oxygen atoms in total. The fraction of sp³-hybridized carbons (Fsp3) is 0.310. The molecule has 40 heavy (non-hydrogen) atoms. The van der Waals surface area contributed by atoms with Crippen LogP contribution in [0.3, 0.4) is 0 Å². The van der Waals surface area contributed by atoms with Crippen LogP contribution in [0, 0.1) is 0 Å². The fourth-order valence-electron chi connectivity index (χ4n) is 4.48. The molecular weight excluding hydrogens is 551 g/mol. The van der Waals surface area contributed by atoms with Gasteiger partial charge in [0.2, 0.25) is 5.91 Å². The molecule has 210 valence electrons. The third-order valence-electron chi connectivity index (χ3n) is 6.50. The van der Waals surface area contributed by atoms with Crippen LogP contribution < -0.4 is 20.9 Å². The highest BCUT2D eigenvalue weighted by Crippen LogP contribution is 2.25. The molecule has 2 aromatic rings. The summed E-state index contributed by atoms with van der Waals surface area (Å²) in [6.45, 7) is 2.46. The Kier molecular flexibility index (Phi) is 9.98. The molecule has 0 atom stereocenters. The number of nitrogens with one attached hydrogen (secondary N) is 3. The van der Waals surface area contributed by atoms with Crippen LogP contribution in [0.5, 0.6) is 0 Å². The summed E-state index contributed by atoms with van der Waals surface area (Å²) in [5.74, 6) is -1.00. The van der Waals surface area contributed by atoms with Gasteiger partial charge in [0.25, 0.3) is 11.8 Å². The van der Waals surface area contributed by atoms with Gasteiger partial charge in [0.05, 0.1) is 27.9 Å². The Bertz CT molecular complexity index is 1340. The van der Waals surface area contributed by atoms with Gasteiger partial charge in [0.15, 0.2) is 0 Å². The Morgan fingerprint density at radius 2 is 1.73 bits per heavy atom. The minimum atomic E-state index is -0.499. The minimum Gasteiger partial charge on any atom is -0.371 e. The van der Waals surface area contributed by atoms with Crippen LogP contribution in [0.1, 0.15) is 23.2 Å². The molecule has 0 unspecified atom stereocenters. The summed E-state index contributed by atoms with van der Waals surface area (Å²) in [6, 6.07) is 12.5. The van der Waals surface area contributed by atoms with E-state index < -0.39 is 5.91 Å². The Morgan fingerprint density at radius 1 is 1.02 bits per heavy atom. The van der Waals surface area contributed by atoms with Crippen molar-refractivity contribution in [3.8, 4) is 0 Å². The zero-order valence-electron chi connectivity index (χ0n) is 22.4. The third kappa shape index (κ3) is 7.71. The van der Waals surface area contributed by atoms with Crippen molar-refractivity contribution in [1.29, 1.82) is 0 Å². The zero-order valence-corrected chi connectivity index (χ0v) is 23.9. The van der Waals surface area contributed by atoms with Crippen LogP contribution in [0.15, 0.2) is 71.4 Å². The average molecular weight is 584 g/mol. The number of piperidine rings is 1. The highest BCUT2D eigenvalue weighted by molar-refractivity contribution is 6.46. The van der Waals surface area contributed by atoms with Crippen molar-refractivity contribution >= 4 is 58.0 Å². The van der Waals surface area contributed by atoms with Gasteiger partial charge >= 0.3 is 0 Å². The summed E-state index contributed by atoms with van der Waals surface area (Å²) in [5.41, 5.74) is 2.40. The number of halogens is 2. The van der Waals surface area contributed by atoms with Crippen molar-refractivity contribution in [3.05, 3.63) is 82.0 Å². The molecule has 11 heteroatoms. The van der Waals surface area contributed by atoms with Crippen molar-refractivity contribution in [2.24, 2.45) is 4.99 Å². The maximum absolute atomic E-state index is 13.0. The van der Waals surface area contributed by atoms with Crippen LogP contribution in [-0.4, -0.2) is 74.6 Å². The topological polar surface area (TPSA) is 106 Å². The number of anilines is 2. The van der Waals surface area contributed by atoms with E-state index in [0.717, 1.165) is 37.3 Å². The lowest BCUT2D eigenvalue weighted by Gasteiger charge is -2.34. The maximum Gasteiger partial charge on any atom is 0.271 e. The van der Waals surface area contributed by atoms with Gasteiger partial charge < -0.3 is 25.8 Å². The molecular formula is C29H32Cl2N6O3. The van der Waals surface area contributed by atoms with E-state index in [4.69, 9.17) is 23.2 Å². The largest absolute Gasteiger partial charge is 0.371 e. The van der Waals surface area contributed by atoms with Gasteiger partial charge in [-0.3, -0.25) is 19.4 Å². The standard InChI is InChI=1S/C29H32Cl2N6O3/c1-36(2)15-5-10-25(38)33-20-6-3-7-21(18-20)37-16-12-19(13-17-37)34-29(40)27-24(11-14-32-27)35-28(39)26-22(30)8-4-9-23(26)31/h3-11,18-19H,12-17H2,1-2H3,(H,33,38)(H,34,40)(H,35,39)/b10-5+. The second-order valence-electron chi connectivity index (χ2n) is 9.80. The Balaban J connectivity index is 1.28. The number of benzene rings is 2. The Labute approximate surface area is 243 Å². The molecule has 4 rings (SSSR count). The van der Waals surface area contributed by atoms with Crippen molar-refractivity contribution in [3.63, 3.8) is 0 Å². The van der Waals surface area contributed by atoms with Crippen LogP contribution >= 0.6 is 23.2 Å². The lowest BCUT2D eigenvalue weighted by molar-refractivity contribution is -0.115. The quantitative estimate of drug-likeness (QED) is 0.389. The Hall–Kier alpha value is -3.66.